The first-order valence-electron chi connectivity index (χ1n) is 11.2. The minimum absolute atomic E-state index is 0.194. The molecule has 1 aliphatic carbocycles. The van der Waals surface area contributed by atoms with Gasteiger partial charge in [0.05, 0.1) is 19.6 Å². The van der Waals surface area contributed by atoms with E-state index in [1.165, 1.54) is 6.42 Å². The first-order valence-corrected chi connectivity index (χ1v) is 11.2. The minimum Gasteiger partial charge on any atom is -0.464 e. The molecule has 3 fully saturated rings. The summed E-state index contributed by atoms with van der Waals surface area (Å²) in [4.78, 5) is 33.9. The molecule has 3 heterocycles. The molecule has 0 bridgehead atoms. The number of piperidine rings is 1. The van der Waals surface area contributed by atoms with E-state index in [9.17, 15) is 9.59 Å². The van der Waals surface area contributed by atoms with Gasteiger partial charge in [-0.3, -0.25) is 19.4 Å². The maximum Gasteiger partial charge on any atom is 0.237 e. The van der Waals surface area contributed by atoms with Gasteiger partial charge in [0.15, 0.2) is 0 Å². The molecule has 1 aromatic rings. The van der Waals surface area contributed by atoms with E-state index in [4.69, 9.17) is 4.42 Å². The summed E-state index contributed by atoms with van der Waals surface area (Å²) in [6.07, 6.45) is 5.71. The topological polar surface area (TPSA) is 60.2 Å². The molecule has 3 aliphatic rings. The molecule has 7 nitrogen and oxygen atoms in total. The van der Waals surface area contributed by atoms with Gasteiger partial charge in [0.25, 0.3) is 0 Å². The van der Waals surface area contributed by atoms with Gasteiger partial charge in [-0.05, 0) is 51.2 Å². The van der Waals surface area contributed by atoms with Crippen LogP contribution >= 0.6 is 0 Å². The zero-order valence-electron chi connectivity index (χ0n) is 17.6. The van der Waals surface area contributed by atoms with E-state index in [0.717, 1.165) is 76.5 Å². The van der Waals surface area contributed by atoms with Crippen LogP contribution in [0, 0.1) is 6.92 Å². The van der Waals surface area contributed by atoms with Crippen molar-refractivity contribution in [3.05, 3.63) is 23.7 Å². The molecule has 0 unspecified atom stereocenters. The van der Waals surface area contributed by atoms with Crippen LogP contribution in [0.5, 0.6) is 0 Å². The van der Waals surface area contributed by atoms with Crippen molar-refractivity contribution in [3.8, 4) is 0 Å². The van der Waals surface area contributed by atoms with Crippen molar-refractivity contribution in [1.29, 1.82) is 0 Å². The molecule has 2 saturated heterocycles. The van der Waals surface area contributed by atoms with Crippen molar-refractivity contribution in [3.63, 3.8) is 0 Å². The smallest absolute Gasteiger partial charge is 0.237 e. The van der Waals surface area contributed by atoms with Gasteiger partial charge in [-0.2, -0.15) is 0 Å². The Bertz CT molecular complexity index is 701. The zero-order chi connectivity index (χ0) is 20.2. The summed E-state index contributed by atoms with van der Waals surface area (Å²) in [5, 5.41) is 0. The number of hydrogen-bond acceptors (Lipinski definition) is 5. The number of likely N-dealkylation sites (tertiary alicyclic amines) is 1. The van der Waals surface area contributed by atoms with Crippen molar-refractivity contribution in [2.45, 2.75) is 51.6 Å². The molecule has 0 N–H and O–H groups in total. The maximum absolute atomic E-state index is 12.9. The molecule has 0 atom stereocenters. The van der Waals surface area contributed by atoms with Crippen LogP contribution < -0.4 is 0 Å². The fourth-order valence-corrected chi connectivity index (χ4v) is 4.37. The molecule has 0 spiro atoms. The Morgan fingerprint density at radius 1 is 0.966 bits per heavy atom. The maximum atomic E-state index is 12.9. The predicted molar refractivity (Wildman–Crippen MR) is 110 cm³/mol. The van der Waals surface area contributed by atoms with Crippen LogP contribution in [0.15, 0.2) is 16.5 Å². The SMILES string of the molecule is Cc1ccc(CN(C(=O)CN2CCN(CC(=O)N3CCCCC3)CC2)C2CC2)o1. The lowest BCUT2D eigenvalue weighted by Gasteiger charge is -2.36. The number of rotatable bonds is 7. The van der Waals surface area contributed by atoms with Crippen molar-refractivity contribution in [2.24, 2.45) is 0 Å². The van der Waals surface area contributed by atoms with Crippen LogP contribution in [0.1, 0.15) is 43.6 Å². The van der Waals surface area contributed by atoms with E-state index in [1.54, 1.807) is 0 Å². The molecule has 0 radical (unpaired) electrons. The predicted octanol–water partition coefficient (Wildman–Crippen LogP) is 1.71. The van der Waals surface area contributed by atoms with E-state index < -0.39 is 0 Å². The van der Waals surface area contributed by atoms with E-state index >= 15 is 0 Å². The van der Waals surface area contributed by atoms with E-state index in [2.05, 4.69) is 9.80 Å². The Balaban J connectivity index is 1.22. The second kappa shape index (κ2) is 9.30. The molecule has 29 heavy (non-hydrogen) atoms. The first-order chi connectivity index (χ1) is 14.1. The van der Waals surface area contributed by atoms with Crippen molar-refractivity contribution in [2.75, 3.05) is 52.4 Å². The van der Waals surface area contributed by atoms with Crippen LogP contribution in [0.25, 0.3) is 0 Å². The minimum atomic E-state index is 0.194. The van der Waals surface area contributed by atoms with E-state index in [1.807, 2.05) is 28.9 Å². The second-order valence-corrected chi connectivity index (χ2v) is 8.76. The second-order valence-electron chi connectivity index (χ2n) is 8.76. The summed E-state index contributed by atoms with van der Waals surface area (Å²) in [7, 11) is 0. The summed E-state index contributed by atoms with van der Waals surface area (Å²) in [6.45, 7) is 8.72. The van der Waals surface area contributed by atoms with Gasteiger partial charge < -0.3 is 14.2 Å². The fraction of sp³-hybridized carbons (Fsp3) is 0.727. The Morgan fingerprint density at radius 3 is 2.21 bits per heavy atom. The van der Waals surface area contributed by atoms with Crippen LogP contribution in [-0.4, -0.2) is 89.8 Å². The van der Waals surface area contributed by atoms with Gasteiger partial charge in [-0.1, -0.05) is 0 Å². The molecule has 0 aromatic carbocycles. The monoisotopic (exact) mass is 402 g/mol. The summed E-state index contributed by atoms with van der Waals surface area (Å²) >= 11 is 0. The van der Waals surface area contributed by atoms with Gasteiger partial charge >= 0.3 is 0 Å². The average Bonchev–Trinajstić information content (AvgIpc) is 3.49. The number of piperazine rings is 1. The zero-order valence-corrected chi connectivity index (χ0v) is 17.6. The number of aryl methyl sites for hydroxylation is 1. The Hall–Kier alpha value is -1.86. The van der Waals surface area contributed by atoms with Gasteiger partial charge in [-0.25, -0.2) is 0 Å². The van der Waals surface area contributed by atoms with Gasteiger partial charge in [0.1, 0.15) is 11.5 Å². The Morgan fingerprint density at radius 2 is 1.62 bits per heavy atom. The first kappa shape index (κ1) is 20.4. The Kier molecular flexibility index (Phi) is 6.55. The summed E-state index contributed by atoms with van der Waals surface area (Å²) in [5.74, 6) is 2.21. The third-order valence-corrected chi connectivity index (χ3v) is 6.32. The third-order valence-electron chi connectivity index (χ3n) is 6.32. The molecule has 1 aromatic heterocycles. The number of hydrogen-bond donors (Lipinski definition) is 0. The van der Waals surface area contributed by atoms with Gasteiger partial charge in [0.2, 0.25) is 11.8 Å². The van der Waals surface area contributed by atoms with Crippen molar-refractivity contribution >= 4 is 11.8 Å². The normalized spacial score (nSPS) is 21.3. The molecule has 7 heteroatoms. The summed E-state index contributed by atoms with van der Waals surface area (Å²) < 4.78 is 5.68. The van der Waals surface area contributed by atoms with E-state index in [0.29, 0.717) is 25.7 Å². The van der Waals surface area contributed by atoms with E-state index in [-0.39, 0.29) is 11.8 Å². The van der Waals surface area contributed by atoms with Crippen LogP contribution in [-0.2, 0) is 16.1 Å². The quantitative estimate of drug-likeness (QED) is 0.695. The van der Waals surface area contributed by atoms with Crippen molar-refractivity contribution in [1.82, 2.24) is 19.6 Å². The molecule has 2 amide bonds. The lowest BCUT2D eigenvalue weighted by molar-refractivity contribution is -0.136. The van der Waals surface area contributed by atoms with Crippen molar-refractivity contribution < 1.29 is 14.0 Å². The molecular formula is C22H34N4O3. The number of carbonyl (C=O) groups excluding carboxylic acids is 2. The lowest BCUT2D eigenvalue weighted by Crippen LogP contribution is -2.52. The average molecular weight is 403 g/mol. The Labute approximate surface area is 173 Å². The molecule has 4 rings (SSSR count). The van der Waals surface area contributed by atoms with Crippen LogP contribution in [0.3, 0.4) is 0 Å². The summed E-state index contributed by atoms with van der Waals surface area (Å²) in [5.41, 5.74) is 0. The van der Waals surface area contributed by atoms with Gasteiger partial charge in [-0.15, -0.1) is 0 Å². The molecule has 1 saturated carbocycles. The number of nitrogens with zero attached hydrogens (tertiary/aromatic N) is 4. The number of furan rings is 1. The highest BCUT2D eigenvalue weighted by molar-refractivity contribution is 5.79. The number of amides is 2. The largest absolute Gasteiger partial charge is 0.464 e. The third kappa shape index (κ3) is 5.60. The van der Waals surface area contributed by atoms with Crippen LogP contribution in [0.2, 0.25) is 0 Å². The fourth-order valence-electron chi connectivity index (χ4n) is 4.37. The highest BCUT2D eigenvalue weighted by atomic mass is 16.3. The highest BCUT2D eigenvalue weighted by Gasteiger charge is 2.34. The lowest BCUT2D eigenvalue weighted by atomic mass is 10.1. The number of carbonyl (C=O) groups is 2. The molecular weight excluding hydrogens is 368 g/mol. The standard InChI is InChI=1S/C22H34N4O3/c1-18-5-8-20(29-18)15-26(19-6-7-19)22(28)17-24-13-11-23(12-14-24)16-21(27)25-9-3-2-4-10-25/h5,8,19H,2-4,6-7,9-17H2,1H3. The highest BCUT2D eigenvalue weighted by Crippen LogP contribution is 2.29. The van der Waals surface area contributed by atoms with Gasteiger partial charge in [0, 0.05) is 45.3 Å². The molecule has 2 aliphatic heterocycles. The molecule has 160 valence electrons. The van der Waals surface area contributed by atoms with Crippen LogP contribution in [0.4, 0.5) is 0 Å². The summed E-state index contributed by atoms with van der Waals surface area (Å²) in [6, 6.07) is 4.29.